The fourth-order valence-electron chi connectivity index (χ4n) is 4.71. The van der Waals surface area contributed by atoms with Gasteiger partial charge in [-0.3, -0.25) is 15.1 Å². The van der Waals surface area contributed by atoms with Crippen LogP contribution >= 0.6 is 15.9 Å². The van der Waals surface area contributed by atoms with Crippen LogP contribution in [0.25, 0.3) is 0 Å². The lowest BCUT2D eigenvalue weighted by Gasteiger charge is -2.35. The predicted octanol–water partition coefficient (Wildman–Crippen LogP) is 3.08. The highest BCUT2D eigenvalue weighted by Gasteiger charge is 2.69. The number of carbonyl (C=O) groups excluding carboxylic acids is 1. The first-order valence-corrected chi connectivity index (χ1v) is 9.02. The van der Waals surface area contributed by atoms with Gasteiger partial charge in [-0.25, -0.2) is 0 Å². The van der Waals surface area contributed by atoms with E-state index < -0.39 is 0 Å². The zero-order valence-electron chi connectivity index (χ0n) is 14.3. The Kier molecular flexibility index (Phi) is 3.23. The van der Waals surface area contributed by atoms with E-state index in [9.17, 15) is 4.79 Å². The molecule has 2 saturated heterocycles. The molecule has 2 fully saturated rings. The van der Waals surface area contributed by atoms with E-state index in [0.29, 0.717) is 12.3 Å². The molecule has 6 heteroatoms. The third kappa shape index (κ3) is 1.78. The third-order valence-corrected chi connectivity index (χ3v) is 6.67. The summed E-state index contributed by atoms with van der Waals surface area (Å²) in [6, 6.07) is 7.73. The summed E-state index contributed by atoms with van der Waals surface area (Å²) in [5.41, 5.74) is 2.08. The van der Waals surface area contributed by atoms with Crippen LogP contribution in [-0.4, -0.2) is 42.1 Å². The highest BCUT2D eigenvalue weighted by molar-refractivity contribution is 9.09. The van der Waals surface area contributed by atoms with Gasteiger partial charge in [-0.2, -0.15) is 0 Å². The van der Waals surface area contributed by atoms with Gasteiger partial charge in [-0.05, 0) is 23.5 Å². The van der Waals surface area contributed by atoms with Crippen molar-refractivity contribution < 1.29 is 9.53 Å². The molecule has 3 heterocycles. The molecule has 3 aliphatic heterocycles. The lowest BCUT2D eigenvalue weighted by Crippen LogP contribution is -2.50. The molecule has 0 aliphatic carbocycles. The molecular formula is C18H22BrN3O2. The van der Waals surface area contributed by atoms with Gasteiger partial charge in [0.05, 0.1) is 17.5 Å². The second-order valence-corrected chi connectivity index (χ2v) is 9.38. The number of alkyl halides is 1. The molecule has 24 heavy (non-hydrogen) atoms. The summed E-state index contributed by atoms with van der Waals surface area (Å²) in [6.07, 6.45) is 0.591. The topological polar surface area (TPSA) is 56.6 Å². The highest BCUT2D eigenvalue weighted by atomic mass is 79.9. The van der Waals surface area contributed by atoms with Crippen LogP contribution in [0.3, 0.4) is 0 Å². The van der Waals surface area contributed by atoms with Crippen LogP contribution in [0.5, 0.6) is 0 Å². The summed E-state index contributed by atoms with van der Waals surface area (Å²) in [4.78, 5) is 16.8. The molecule has 1 aromatic rings. The Morgan fingerprint density at radius 3 is 2.67 bits per heavy atom. The van der Waals surface area contributed by atoms with Gasteiger partial charge in [0.1, 0.15) is 18.0 Å². The second kappa shape index (κ2) is 4.82. The maximum atomic E-state index is 12.5. The molecule has 0 unspecified atom stereocenters. The van der Waals surface area contributed by atoms with Crippen LogP contribution in [0.2, 0.25) is 0 Å². The molecule has 0 spiro atoms. The molecule has 0 aromatic heterocycles. The quantitative estimate of drug-likeness (QED) is 0.590. The molecule has 4 rings (SSSR count). The Morgan fingerprint density at radius 2 is 2.04 bits per heavy atom. The first-order chi connectivity index (χ1) is 11.2. The number of amidine groups is 1. The molecule has 5 nitrogen and oxygen atoms in total. The van der Waals surface area contributed by atoms with Gasteiger partial charge in [0.15, 0.2) is 0 Å². The van der Waals surface area contributed by atoms with Crippen molar-refractivity contribution >= 4 is 33.4 Å². The summed E-state index contributed by atoms with van der Waals surface area (Å²) >= 11 is 3.96. The number of hydrogen-bond acceptors (Lipinski definition) is 4. The number of rotatable bonds is 1. The minimum atomic E-state index is -0.352. The first-order valence-electron chi connectivity index (χ1n) is 8.23. The SMILES string of the molecule is COC(=O)[C@@H]1C[C@@]2(Br)c3ccccc3N3C(=N)[C@H](C(C)(C)C)N1[C@H]32. The maximum Gasteiger partial charge on any atom is 0.323 e. The summed E-state index contributed by atoms with van der Waals surface area (Å²) < 4.78 is 4.74. The highest BCUT2D eigenvalue weighted by Crippen LogP contribution is 2.62. The minimum absolute atomic E-state index is 0.0595. The van der Waals surface area contributed by atoms with E-state index in [-0.39, 0.29) is 34.0 Å². The molecule has 0 radical (unpaired) electrons. The van der Waals surface area contributed by atoms with E-state index in [1.165, 1.54) is 7.11 Å². The molecule has 3 aliphatic rings. The minimum Gasteiger partial charge on any atom is -0.468 e. The van der Waals surface area contributed by atoms with Crippen LogP contribution in [-0.2, 0) is 13.9 Å². The molecule has 1 aromatic carbocycles. The third-order valence-electron chi connectivity index (χ3n) is 5.51. The van der Waals surface area contributed by atoms with Crippen molar-refractivity contribution in [3.05, 3.63) is 29.8 Å². The average molecular weight is 392 g/mol. The molecule has 0 bridgehead atoms. The number of hydrogen-bond donors (Lipinski definition) is 1. The van der Waals surface area contributed by atoms with Crippen molar-refractivity contribution in [1.29, 1.82) is 5.41 Å². The van der Waals surface area contributed by atoms with Crippen LogP contribution in [0.4, 0.5) is 5.69 Å². The lowest BCUT2D eigenvalue weighted by atomic mass is 9.85. The lowest BCUT2D eigenvalue weighted by molar-refractivity contribution is -0.147. The van der Waals surface area contributed by atoms with Crippen molar-refractivity contribution in [3.63, 3.8) is 0 Å². The van der Waals surface area contributed by atoms with Crippen molar-refractivity contribution in [1.82, 2.24) is 4.90 Å². The molecule has 0 saturated carbocycles. The fraction of sp³-hybridized carbons (Fsp3) is 0.556. The number of esters is 1. The smallest absolute Gasteiger partial charge is 0.323 e. The standard InChI is InChI=1S/C18H22BrN3O2/c1-17(2,3)13-14(20)22-11-8-6-5-7-10(11)18(19)9-12(15(23)24-4)21(13)16(18)22/h5-8,12-13,16,20H,9H2,1-4H3/t12-,13+,16+,18+/m0/s1. The van der Waals surface area contributed by atoms with Crippen LogP contribution in [0.1, 0.15) is 32.8 Å². The van der Waals surface area contributed by atoms with Crippen molar-refractivity contribution in [2.24, 2.45) is 5.41 Å². The van der Waals surface area contributed by atoms with E-state index in [2.05, 4.69) is 58.6 Å². The molecular weight excluding hydrogens is 370 g/mol. The van der Waals surface area contributed by atoms with Gasteiger partial charge in [0.25, 0.3) is 0 Å². The van der Waals surface area contributed by atoms with Crippen LogP contribution in [0.15, 0.2) is 24.3 Å². The fourth-order valence-corrected chi connectivity index (χ4v) is 5.79. The Bertz CT molecular complexity index is 744. The molecule has 128 valence electrons. The Balaban J connectivity index is 1.93. The van der Waals surface area contributed by atoms with Gasteiger partial charge in [-0.15, -0.1) is 0 Å². The van der Waals surface area contributed by atoms with E-state index in [1.54, 1.807) is 0 Å². The van der Waals surface area contributed by atoms with E-state index in [4.69, 9.17) is 10.1 Å². The molecule has 4 atom stereocenters. The molecule has 0 amide bonds. The number of benzene rings is 1. The summed E-state index contributed by atoms with van der Waals surface area (Å²) in [7, 11) is 1.44. The van der Waals surface area contributed by atoms with Gasteiger partial charge in [-0.1, -0.05) is 54.9 Å². The van der Waals surface area contributed by atoms with Gasteiger partial charge in [0.2, 0.25) is 0 Å². The van der Waals surface area contributed by atoms with Crippen molar-refractivity contribution in [2.45, 2.75) is 49.8 Å². The zero-order valence-corrected chi connectivity index (χ0v) is 15.9. The number of para-hydroxylation sites is 1. The summed E-state index contributed by atoms with van der Waals surface area (Å²) in [5, 5.41) is 8.86. The number of nitrogens with one attached hydrogen (secondary N) is 1. The number of fused-ring (bicyclic) bond motifs is 3. The predicted molar refractivity (Wildman–Crippen MR) is 96.5 cm³/mol. The van der Waals surface area contributed by atoms with E-state index >= 15 is 0 Å². The monoisotopic (exact) mass is 391 g/mol. The second-order valence-electron chi connectivity index (χ2n) is 7.97. The summed E-state index contributed by atoms with van der Waals surface area (Å²) in [6.45, 7) is 6.38. The van der Waals surface area contributed by atoms with Gasteiger partial charge < -0.3 is 9.64 Å². The Morgan fingerprint density at radius 1 is 1.38 bits per heavy atom. The number of anilines is 1. The maximum absolute atomic E-state index is 12.5. The van der Waals surface area contributed by atoms with Gasteiger partial charge >= 0.3 is 5.97 Å². The van der Waals surface area contributed by atoms with E-state index in [1.807, 2.05) is 12.1 Å². The Hall–Kier alpha value is -1.40. The molecule has 1 N–H and O–H groups in total. The normalized spacial score (nSPS) is 34.5. The van der Waals surface area contributed by atoms with Crippen molar-refractivity contribution in [3.8, 4) is 0 Å². The van der Waals surface area contributed by atoms with Crippen LogP contribution in [0, 0.1) is 10.8 Å². The van der Waals surface area contributed by atoms with E-state index in [0.717, 1.165) is 11.3 Å². The summed E-state index contributed by atoms with van der Waals surface area (Å²) in [5.74, 6) is 0.347. The largest absolute Gasteiger partial charge is 0.468 e. The number of carbonyl (C=O) groups is 1. The van der Waals surface area contributed by atoms with Crippen LogP contribution < -0.4 is 4.90 Å². The number of nitrogens with zero attached hydrogens (tertiary/aromatic N) is 2. The number of methoxy groups -OCH3 is 1. The van der Waals surface area contributed by atoms with Crippen molar-refractivity contribution in [2.75, 3.05) is 12.0 Å². The first kappa shape index (κ1) is 16.1. The number of halogens is 1. The zero-order chi connectivity index (χ0) is 17.4. The van der Waals surface area contributed by atoms with Gasteiger partial charge in [0, 0.05) is 5.69 Å². The average Bonchev–Trinajstić information content (AvgIpc) is 3.08. The Labute approximate surface area is 150 Å². The number of ether oxygens (including phenoxy) is 1.